The van der Waals surface area contributed by atoms with Crippen molar-refractivity contribution >= 4 is 67.7 Å². The number of aryl methyl sites for hydroxylation is 4. The predicted octanol–water partition coefficient (Wildman–Crippen LogP) is 10.8. The van der Waals surface area contributed by atoms with E-state index in [2.05, 4.69) is 55.9 Å². The highest BCUT2D eigenvalue weighted by molar-refractivity contribution is 5.96. The molecule has 14 nitrogen and oxygen atoms in total. The molecular formula is C48H48N6O8. The Morgan fingerprint density at radius 1 is 0.565 bits per heavy atom. The molecule has 0 aliphatic carbocycles. The van der Waals surface area contributed by atoms with Crippen molar-refractivity contribution in [2.24, 2.45) is 0 Å². The molecule has 0 amide bonds. The number of hydrogen-bond donors (Lipinski definition) is 2. The fourth-order valence-electron chi connectivity index (χ4n) is 8.11. The topological polar surface area (TPSA) is 196 Å². The molecule has 0 saturated carbocycles. The minimum Gasteiger partial charge on any atom is -0.461 e. The standard InChI is InChI=1S/C48H48N6O8/c1-7-35-27(3)39-21-40-29(5)37(17-19-47(55)61-25-31-9-13-33(14-10-31)53(57)58)45(51-40)24-46-38(18-20-48(56)62-26-32-11-15-34(16-12-32)54(59)60)30(6)42(52-46)23-44-36(8-2)28(4)41(50-44)22-43(35)49-39/h9-16,21-24,49-50H,7-8,17-20,25-26H2,1-6H3. The molecular weight excluding hydrogens is 789 g/mol. The van der Waals surface area contributed by atoms with Gasteiger partial charge in [-0.2, -0.15) is 0 Å². The molecule has 7 rings (SSSR count). The highest BCUT2D eigenvalue weighted by Gasteiger charge is 2.24. The van der Waals surface area contributed by atoms with Gasteiger partial charge in [0.2, 0.25) is 0 Å². The van der Waals surface area contributed by atoms with Crippen molar-refractivity contribution in [3.63, 3.8) is 0 Å². The summed E-state index contributed by atoms with van der Waals surface area (Å²) in [5, 5.41) is 22.2. The molecule has 5 heterocycles. The van der Waals surface area contributed by atoms with Crippen LogP contribution < -0.4 is 0 Å². The number of aromatic amines is 2. The zero-order valence-corrected chi connectivity index (χ0v) is 35.6. The Kier molecular flexibility index (Phi) is 12.6. The summed E-state index contributed by atoms with van der Waals surface area (Å²) in [5.41, 5.74) is 16.1. The monoisotopic (exact) mass is 836 g/mol. The van der Waals surface area contributed by atoms with Crippen molar-refractivity contribution in [3.05, 3.63) is 149 Å². The zero-order valence-electron chi connectivity index (χ0n) is 35.6. The fourth-order valence-corrected chi connectivity index (χ4v) is 8.11. The molecule has 2 N–H and O–H groups in total. The second-order valence-electron chi connectivity index (χ2n) is 15.5. The third-order valence-electron chi connectivity index (χ3n) is 11.8. The number of carbonyl (C=O) groups excluding carboxylic acids is 2. The van der Waals surface area contributed by atoms with Crippen LogP contribution >= 0.6 is 0 Å². The molecule has 318 valence electrons. The molecule has 0 atom stereocenters. The van der Waals surface area contributed by atoms with Crippen molar-refractivity contribution < 1.29 is 28.9 Å². The lowest BCUT2D eigenvalue weighted by Gasteiger charge is -2.08. The second kappa shape index (κ2) is 18.2. The van der Waals surface area contributed by atoms with E-state index in [-0.39, 0.29) is 37.4 Å². The number of ether oxygens (including phenoxy) is 2. The lowest BCUT2D eigenvalue weighted by atomic mass is 9.98. The maximum atomic E-state index is 13.2. The number of nitro groups is 2. The van der Waals surface area contributed by atoms with Gasteiger partial charge in [0, 0.05) is 59.2 Å². The van der Waals surface area contributed by atoms with Crippen LogP contribution in [-0.4, -0.2) is 41.7 Å². The quantitative estimate of drug-likeness (QED) is 0.0617. The van der Waals surface area contributed by atoms with Crippen LogP contribution in [0, 0.1) is 34.1 Å². The van der Waals surface area contributed by atoms with Crippen LogP contribution in [0.1, 0.15) is 110 Å². The van der Waals surface area contributed by atoms with E-state index >= 15 is 0 Å². The number of non-ortho nitro benzene ring substituents is 2. The molecule has 0 fully saturated rings. The van der Waals surface area contributed by atoms with Crippen molar-refractivity contribution in [1.82, 2.24) is 19.9 Å². The van der Waals surface area contributed by atoms with Gasteiger partial charge in [-0.1, -0.05) is 13.8 Å². The summed E-state index contributed by atoms with van der Waals surface area (Å²) >= 11 is 0. The van der Waals surface area contributed by atoms with E-state index in [9.17, 15) is 29.8 Å². The Morgan fingerprint density at radius 3 is 1.35 bits per heavy atom. The highest BCUT2D eigenvalue weighted by atomic mass is 16.6. The second-order valence-corrected chi connectivity index (χ2v) is 15.5. The third kappa shape index (κ3) is 9.09. The Bertz CT molecular complexity index is 2850. The summed E-state index contributed by atoms with van der Waals surface area (Å²) in [4.78, 5) is 65.2. The maximum Gasteiger partial charge on any atom is 0.306 e. The molecule has 14 heteroatoms. The van der Waals surface area contributed by atoms with Gasteiger partial charge in [0.25, 0.3) is 11.4 Å². The van der Waals surface area contributed by atoms with Crippen molar-refractivity contribution in [2.45, 2.75) is 93.3 Å². The number of nitrogens with one attached hydrogen (secondary N) is 2. The minimum absolute atomic E-state index is 0.0184. The minimum atomic E-state index is -0.478. The lowest BCUT2D eigenvalue weighted by Crippen LogP contribution is -2.05. The normalized spacial score (nSPS) is 12.5. The Hall–Kier alpha value is -7.22. The molecule has 3 aromatic heterocycles. The van der Waals surface area contributed by atoms with Gasteiger partial charge in [-0.3, -0.25) is 29.8 Å². The van der Waals surface area contributed by atoms with Gasteiger partial charge in [-0.05, 0) is 158 Å². The van der Waals surface area contributed by atoms with Crippen LogP contribution in [-0.2, 0) is 45.1 Å². The molecule has 5 aromatic rings. The fraction of sp³-hybridized carbons (Fsp3) is 0.292. The van der Waals surface area contributed by atoms with Gasteiger partial charge in [-0.25, -0.2) is 9.97 Å². The largest absolute Gasteiger partial charge is 0.461 e. The van der Waals surface area contributed by atoms with Crippen LogP contribution in [0.3, 0.4) is 0 Å². The number of allylic oxidation sites excluding steroid dienone is 4. The van der Waals surface area contributed by atoms with E-state index in [4.69, 9.17) is 19.4 Å². The van der Waals surface area contributed by atoms with Crippen LogP contribution in [0.2, 0.25) is 0 Å². The zero-order chi connectivity index (χ0) is 44.2. The summed E-state index contributed by atoms with van der Waals surface area (Å²) in [6.45, 7) is 12.5. The van der Waals surface area contributed by atoms with Crippen molar-refractivity contribution in [3.8, 4) is 0 Å². The Balaban J connectivity index is 1.27. The van der Waals surface area contributed by atoms with Crippen molar-refractivity contribution in [1.29, 1.82) is 0 Å². The van der Waals surface area contributed by atoms with E-state index in [1.165, 1.54) is 35.4 Å². The number of rotatable bonds is 14. The summed E-state index contributed by atoms with van der Waals surface area (Å²) in [6, 6.07) is 20.0. The van der Waals surface area contributed by atoms with E-state index in [0.29, 0.717) is 35.4 Å². The Labute approximate surface area is 358 Å². The average Bonchev–Trinajstić information content (AvgIpc) is 3.92. The van der Waals surface area contributed by atoms with E-state index in [1.54, 1.807) is 24.3 Å². The maximum absolute atomic E-state index is 13.2. The smallest absolute Gasteiger partial charge is 0.306 e. The molecule has 2 aliphatic heterocycles. The molecule has 0 saturated heterocycles. The van der Waals surface area contributed by atoms with Gasteiger partial charge >= 0.3 is 11.9 Å². The summed E-state index contributed by atoms with van der Waals surface area (Å²) in [6.07, 6.45) is 2.41. The van der Waals surface area contributed by atoms with Gasteiger partial charge in [0.05, 0.1) is 32.6 Å². The molecule has 0 radical (unpaired) electrons. The van der Waals surface area contributed by atoms with Gasteiger partial charge in [0.1, 0.15) is 13.2 Å². The van der Waals surface area contributed by atoms with Crippen LogP contribution in [0.15, 0.2) is 72.8 Å². The van der Waals surface area contributed by atoms with Gasteiger partial charge in [-0.15, -0.1) is 0 Å². The molecule has 2 aromatic carbocycles. The summed E-state index contributed by atoms with van der Waals surface area (Å²) < 4.78 is 11.2. The summed E-state index contributed by atoms with van der Waals surface area (Å²) in [5.74, 6) is -0.850. The number of hydrogen-bond acceptors (Lipinski definition) is 10. The third-order valence-corrected chi connectivity index (χ3v) is 11.8. The number of fused-ring (bicyclic) bond motifs is 8. The number of esters is 2. The first-order chi connectivity index (χ1) is 29.7. The number of benzene rings is 2. The molecule has 0 unspecified atom stereocenters. The average molecular weight is 837 g/mol. The van der Waals surface area contributed by atoms with Crippen LogP contribution in [0.4, 0.5) is 11.4 Å². The molecule has 8 bridgehead atoms. The van der Waals surface area contributed by atoms with E-state index in [0.717, 1.165) is 79.7 Å². The van der Waals surface area contributed by atoms with E-state index in [1.807, 2.05) is 19.9 Å². The number of carbonyl (C=O) groups is 2. The molecule has 2 aliphatic rings. The van der Waals surface area contributed by atoms with Gasteiger partial charge < -0.3 is 19.4 Å². The first-order valence-electron chi connectivity index (χ1n) is 20.7. The van der Waals surface area contributed by atoms with E-state index < -0.39 is 21.8 Å². The molecule has 0 spiro atoms. The van der Waals surface area contributed by atoms with Crippen LogP contribution in [0.25, 0.3) is 44.4 Å². The number of H-pyrrole nitrogens is 2. The predicted molar refractivity (Wildman–Crippen MR) is 238 cm³/mol. The van der Waals surface area contributed by atoms with Gasteiger partial charge in [0.15, 0.2) is 0 Å². The Morgan fingerprint density at radius 2 is 0.952 bits per heavy atom. The summed E-state index contributed by atoms with van der Waals surface area (Å²) in [7, 11) is 0. The SMILES string of the molecule is CCc1c(C)c2cc3[nH]c(cc4nc(cc5nc(cc1[nH]2)C(C)=C5CCC(=O)OCc1ccc([N+](=O)[O-])cc1)C(CCC(=O)OCc1ccc([N+](=O)[O-])cc1)=C4C)c(C)c3CC. The van der Waals surface area contributed by atoms with Crippen LogP contribution in [0.5, 0.6) is 0 Å². The lowest BCUT2D eigenvalue weighted by molar-refractivity contribution is -0.385. The first kappa shape index (κ1) is 42.9. The van der Waals surface area contributed by atoms with Crippen molar-refractivity contribution in [2.75, 3.05) is 0 Å². The number of aromatic nitrogens is 4. The highest BCUT2D eigenvalue weighted by Crippen LogP contribution is 2.38. The number of nitro benzene ring substituents is 2. The molecule has 62 heavy (non-hydrogen) atoms. The first-order valence-corrected chi connectivity index (χ1v) is 20.7. The number of nitrogens with zero attached hydrogens (tertiary/aromatic N) is 4.